The van der Waals surface area contributed by atoms with Crippen LogP contribution in [0.15, 0.2) is 24.3 Å². The molecule has 4 nitrogen and oxygen atoms in total. The maximum Gasteiger partial charge on any atom is 0.228 e. The minimum Gasteiger partial charge on any atom is -0.339 e. The number of halogens is 4. The van der Waals surface area contributed by atoms with E-state index in [9.17, 15) is 4.79 Å². The van der Waals surface area contributed by atoms with Gasteiger partial charge in [-0.25, -0.2) is 0 Å². The van der Waals surface area contributed by atoms with Gasteiger partial charge in [-0.1, -0.05) is 143 Å². The molecule has 1 unspecified atom stereocenters. The molecular weight excluding hydrogens is 556 g/mol. The molecule has 0 spiro atoms. The van der Waals surface area contributed by atoms with Gasteiger partial charge >= 0.3 is 0 Å². The Balaban J connectivity index is 2.11. The second kappa shape index (κ2) is 20.5. The molecule has 0 aliphatic carbocycles. The van der Waals surface area contributed by atoms with Crippen LogP contribution in [-0.2, 0) is 4.79 Å². The number of thiocarbonyl (C=S) groups is 1. The fraction of sp³-hybridized carbons (Fsp3) is 0.704. The van der Waals surface area contributed by atoms with E-state index in [4.69, 9.17) is 58.6 Å². The van der Waals surface area contributed by atoms with Crippen molar-refractivity contribution in [3.8, 4) is 0 Å². The first-order valence-corrected chi connectivity index (χ1v) is 15.3. The van der Waals surface area contributed by atoms with E-state index in [1.807, 2.05) is 0 Å². The molecule has 36 heavy (non-hydrogen) atoms. The zero-order chi connectivity index (χ0) is 26.7. The summed E-state index contributed by atoms with van der Waals surface area (Å²) < 4.78 is -1.77. The Hall–Kier alpha value is -0.460. The van der Waals surface area contributed by atoms with Crippen LogP contribution in [-0.4, -0.2) is 21.0 Å². The van der Waals surface area contributed by atoms with Crippen molar-refractivity contribution in [2.75, 3.05) is 5.32 Å². The third kappa shape index (κ3) is 17.9. The highest BCUT2D eigenvalue weighted by Crippen LogP contribution is 2.29. The first kappa shape index (κ1) is 33.6. The lowest BCUT2D eigenvalue weighted by Crippen LogP contribution is -2.56. The molecule has 0 radical (unpaired) electrons. The average molecular weight is 600 g/mol. The molecule has 0 aromatic heterocycles. The van der Waals surface area contributed by atoms with Gasteiger partial charge in [-0.05, 0) is 42.9 Å². The normalized spacial score (nSPS) is 12.2. The van der Waals surface area contributed by atoms with Crippen LogP contribution < -0.4 is 16.0 Å². The third-order valence-corrected chi connectivity index (χ3v) is 7.14. The highest BCUT2D eigenvalue weighted by molar-refractivity contribution is 7.80. The molecule has 0 heterocycles. The Morgan fingerprint density at radius 2 is 1.22 bits per heavy atom. The molecule has 1 amide bonds. The standard InChI is InChI=1S/C27H43Cl4N3OS/c1-2-3-4-5-6-7-8-9-10-11-12-13-14-15-16-17-24(35)33-25(27(29,30)31)34-26(36)32-23-20-18-22(28)19-21-23/h18-21,25H,2-17H2,1H3,(H,33,35)(H2,32,34,36). The minimum absolute atomic E-state index is 0.178. The predicted octanol–water partition coefficient (Wildman–Crippen LogP) is 9.70. The number of alkyl halides is 3. The van der Waals surface area contributed by atoms with E-state index in [1.54, 1.807) is 24.3 Å². The Labute approximate surface area is 243 Å². The molecule has 0 aliphatic heterocycles. The van der Waals surface area contributed by atoms with Gasteiger partial charge in [-0.2, -0.15) is 0 Å². The first-order chi connectivity index (χ1) is 17.2. The Morgan fingerprint density at radius 1 is 0.778 bits per heavy atom. The van der Waals surface area contributed by atoms with Crippen molar-refractivity contribution in [3.05, 3.63) is 29.3 Å². The third-order valence-electron chi connectivity index (χ3n) is 6.02. The molecule has 0 aliphatic rings. The second-order valence-corrected chi connectivity index (χ2v) is 12.6. The zero-order valence-corrected chi connectivity index (χ0v) is 25.4. The van der Waals surface area contributed by atoms with Gasteiger partial charge in [0.2, 0.25) is 9.70 Å². The van der Waals surface area contributed by atoms with Crippen LogP contribution >= 0.6 is 58.6 Å². The SMILES string of the molecule is CCCCCCCCCCCCCCCCCC(=O)NC(NC(=S)Nc1ccc(Cl)cc1)C(Cl)(Cl)Cl. The quantitative estimate of drug-likeness (QED) is 0.0642. The van der Waals surface area contributed by atoms with Crippen LogP contribution in [0.5, 0.6) is 0 Å². The highest BCUT2D eigenvalue weighted by atomic mass is 35.6. The lowest BCUT2D eigenvalue weighted by Gasteiger charge is -2.27. The molecule has 1 atom stereocenters. The summed E-state index contributed by atoms with van der Waals surface area (Å²) >= 11 is 29.4. The van der Waals surface area contributed by atoms with E-state index in [-0.39, 0.29) is 11.0 Å². The van der Waals surface area contributed by atoms with Crippen molar-refractivity contribution in [1.29, 1.82) is 0 Å². The summed E-state index contributed by atoms with van der Waals surface area (Å²) in [6.07, 6.45) is 18.6. The number of carbonyl (C=O) groups excluding carboxylic acids is 1. The summed E-state index contributed by atoms with van der Waals surface area (Å²) in [5.41, 5.74) is 0.726. The van der Waals surface area contributed by atoms with Gasteiger partial charge in [0.15, 0.2) is 5.11 Å². The van der Waals surface area contributed by atoms with Gasteiger partial charge in [0, 0.05) is 17.1 Å². The molecule has 0 saturated heterocycles. The monoisotopic (exact) mass is 597 g/mol. The zero-order valence-electron chi connectivity index (χ0n) is 21.5. The Bertz CT molecular complexity index is 729. The Kier molecular flexibility index (Phi) is 19.1. The summed E-state index contributed by atoms with van der Waals surface area (Å²) in [5, 5.41) is 9.42. The molecule has 1 aromatic rings. The topological polar surface area (TPSA) is 53.2 Å². The van der Waals surface area contributed by atoms with E-state index in [1.165, 1.54) is 77.0 Å². The van der Waals surface area contributed by atoms with Gasteiger partial charge in [-0.3, -0.25) is 4.79 Å². The molecule has 9 heteroatoms. The van der Waals surface area contributed by atoms with Crippen molar-refractivity contribution < 1.29 is 4.79 Å². The fourth-order valence-electron chi connectivity index (χ4n) is 3.92. The maximum atomic E-state index is 12.4. The van der Waals surface area contributed by atoms with E-state index >= 15 is 0 Å². The summed E-state index contributed by atoms with van der Waals surface area (Å²) in [6, 6.07) is 7.02. The van der Waals surface area contributed by atoms with Gasteiger partial charge in [0.25, 0.3) is 0 Å². The number of anilines is 1. The lowest BCUT2D eigenvalue weighted by molar-refractivity contribution is -0.122. The molecule has 0 bridgehead atoms. The highest BCUT2D eigenvalue weighted by Gasteiger charge is 2.34. The number of nitrogens with one attached hydrogen (secondary N) is 3. The van der Waals surface area contributed by atoms with E-state index in [0.717, 1.165) is 24.9 Å². The van der Waals surface area contributed by atoms with Crippen molar-refractivity contribution in [2.24, 2.45) is 0 Å². The lowest BCUT2D eigenvalue weighted by atomic mass is 10.0. The molecule has 1 rings (SSSR count). The number of benzene rings is 1. The summed E-state index contributed by atoms with van der Waals surface area (Å²) in [5.74, 6) is -0.178. The fourth-order valence-corrected chi connectivity index (χ4v) is 4.61. The summed E-state index contributed by atoms with van der Waals surface area (Å²) in [7, 11) is 0. The van der Waals surface area contributed by atoms with Gasteiger partial charge in [0.1, 0.15) is 6.17 Å². The van der Waals surface area contributed by atoms with Crippen LogP contribution in [0.4, 0.5) is 5.69 Å². The molecule has 3 N–H and O–H groups in total. The number of hydrogen-bond acceptors (Lipinski definition) is 2. The Morgan fingerprint density at radius 3 is 1.67 bits per heavy atom. The number of rotatable bonds is 19. The van der Waals surface area contributed by atoms with E-state index in [2.05, 4.69) is 22.9 Å². The number of unbranched alkanes of at least 4 members (excludes halogenated alkanes) is 14. The van der Waals surface area contributed by atoms with Crippen LogP contribution in [0.3, 0.4) is 0 Å². The largest absolute Gasteiger partial charge is 0.339 e. The molecule has 206 valence electrons. The molecule has 0 fully saturated rings. The van der Waals surface area contributed by atoms with Crippen LogP contribution in [0, 0.1) is 0 Å². The number of carbonyl (C=O) groups is 1. The summed E-state index contributed by atoms with van der Waals surface area (Å²) in [4.78, 5) is 12.4. The molecule has 0 saturated carbocycles. The van der Waals surface area contributed by atoms with E-state index < -0.39 is 9.96 Å². The second-order valence-electron chi connectivity index (χ2n) is 9.35. The molecular formula is C27H43Cl4N3OS. The predicted molar refractivity (Wildman–Crippen MR) is 163 cm³/mol. The van der Waals surface area contributed by atoms with E-state index in [0.29, 0.717) is 11.4 Å². The van der Waals surface area contributed by atoms with Crippen molar-refractivity contribution in [1.82, 2.24) is 10.6 Å². The van der Waals surface area contributed by atoms with Crippen molar-refractivity contribution in [3.63, 3.8) is 0 Å². The van der Waals surface area contributed by atoms with Gasteiger partial charge < -0.3 is 16.0 Å². The van der Waals surface area contributed by atoms with Crippen molar-refractivity contribution >= 4 is 75.3 Å². The first-order valence-electron chi connectivity index (χ1n) is 13.4. The van der Waals surface area contributed by atoms with Gasteiger partial charge in [-0.15, -0.1) is 0 Å². The average Bonchev–Trinajstić information content (AvgIpc) is 2.82. The maximum absolute atomic E-state index is 12.4. The summed E-state index contributed by atoms with van der Waals surface area (Å²) in [6.45, 7) is 2.26. The van der Waals surface area contributed by atoms with Crippen LogP contribution in [0.2, 0.25) is 5.02 Å². The van der Waals surface area contributed by atoms with Gasteiger partial charge in [0.05, 0.1) is 0 Å². The smallest absolute Gasteiger partial charge is 0.228 e. The number of amides is 1. The van der Waals surface area contributed by atoms with Crippen LogP contribution in [0.25, 0.3) is 0 Å². The van der Waals surface area contributed by atoms with Crippen molar-refractivity contribution in [2.45, 2.75) is 120 Å². The molecule has 1 aromatic carbocycles. The number of hydrogen-bond donors (Lipinski definition) is 3. The van der Waals surface area contributed by atoms with Crippen LogP contribution in [0.1, 0.15) is 110 Å². The minimum atomic E-state index is -1.77.